The molecule has 0 unspecified atom stereocenters. The number of benzene rings is 2. The fourth-order valence-electron chi connectivity index (χ4n) is 3.77. The van der Waals surface area contributed by atoms with Crippen molar-refractivity contribution >= 4 is 34.5 Å². The van der Waals surface area contributed by atoms with Crippen LogP contribution in [0.2, 0.25) is 0 Å². The molecule has 0 fully saturated rings. The molecule has 0 saturated heterocycles. The Morgan fingerprint density at radius 3 is 2.32 bits per heavy atom. The number of carbonyl (C=O) groups excluding carboxylic acids is 1. The van der Waals surface area contributed by atoms with Gasteiger partial charge in [0.1, 0.15) is 5.82 Å². The van der Waals surface area contributed by atoms with Crippen molar-refractivity contribution in [2.24, 2.45) is 14.1 Å². The second-order valence-corrected chi connectivity index (χ2v) is 9.03. The van der Waals surface area contributed by atoms with E-state index in [4.69, 9.17) is 0 Å². The molecule has 0 aliphatic carbocycles. The van der Waals surface area contributed by atoms with E-state index in [0.717, 1.165) is 26.9 Å². The lowest BCUT2D eigenvalue weighted by atomic mass is 10.1. The second kappa shape index (κ2) is 9.30. The highest BCUT2D eigenvalue weighted by Gasteiger charge is 2.20. The summed E-state index contributed by atoms with van der Waals surface area (Å²) in [4.78, 5) is 42.6. The summed E-state index contributed by atoms with van der Waals surface area (Å²) in [5.74, 6) is -0.533. The van der Waals surface area contributed by atoms with E-state index in [2.05, 4.69) is 10.3 Å². The van der Waals surface area contributed by atoms with Crippen LogP contribution < -0.4 is 16.6 Å². The first-order valence-electron chi connectivity index (χ1n) is 10.6. The molecular weight excluding hydrogens is 457 g/mol. The van der Waals surface area contributed by atoms with Crippen LogP contribution in [0.1, 0.15) is 16.7 Å². The second-order valence-electron chi connectivity index (χ2n) is 8.09. The summed E-state index contributed by atoms with van der Waals surface area (Å²) >= 11 is 1.17. The molecular formula is C24H24FN5O3S. The van der Waals surface area contributed by atoms with Crippen molar-refractivity contribution in [1.82, 2.24) is 18.7 Å². The molecule has 2 aromatic heterocycles. The number of carbonyl (C=O) groups is 1. The Bertz CT molecular complexity index is 1500. The van der Waals surface area contributed by atoms with Crippen molar-refractivity contribution in [2.45, 2.75) is 25.5 Å². The van der Waals surface area contributed by atoms with Crippen LogP contribution in [0.4, 0.5) is 10.1 Å². The topological polar surface area (TPSA) is 90.9 Å². The van der Waals surface area contributed by atoms with E-state index in [9.17, 15) is 18.8 Å². The van der Waals surface area contributed by atoms with Gasteiger partial charge in [-0.25, -0.2) is 14.2 Å². The molecule has 0 saturated carbocycles. The number of nitrogens with one attached hydrogen (secondary N) is 1. The van der Waals surface area contributed by atoms with Gasteiger partial charge in [-0.15, -0.1) is 0 Å². The first-order chi connectivity index (χ1) is 16.2. The number of rotatable bonds is 6. The van der Waals surface area contributed by atoms with Crippen molar-refractivity contribution < 1.29 is 9.18 Å². The molecule has 1 amide bonds. The largest absolute Gasteiger partial charge is 0.332 e. The number of thioether (sulfide) groups is 1. The van der Waals surface area contributed by atoms with Gasteiger partial charge in [0.25, 0.3) is 5.56 Å². The molecule has 176 valence electrons. The molecule has 0 aliphatic rings. The van der Waals surface area contributed by atoms with Crippen LogP contribution in [-0.4, -0.2) is 30.3 Å². The number of halogens is 1. The molecule has 0 spiro atoms. The quantitative estimate of drug-likeness (QED) is 0.428. The zero-order chi connectivity index (χ0) is 24.6. The van der Waals surface area contributed by atoms with Crippen molar-refractivity contribution in [3.63, 3.8) is 0 Å². The van der Waals surface area contributed by atoms with Gasteiger partial charge in [-0.05, 0) is 42.7 Å². The van der Waals surface area contributed by atoms with Crippen LogP contribution in [0, 0.1) is 19.7 Å². The van der Waals surface area contributed by atoms with E-state index in [0.29, 0.717) is 5.16 Å². The summed E-state index contributed by atoms with van der Waals surface area (Å²) in [5, 5.41) is 3.35. The normalized spacial score (nSPS) is 11.2. The van der Waals surface area contributed by atoms with Crippen LogP contribution in [0.3, 0.4) is 0 Å². The summed E-state index contributed by atoms with van der Waals surface area (Å²) in [7, 11) is 2.95. The Labute approximate surface area is 199 Å². The molecule has 0 atom stereocenters. The molecule has 0 aliphatic heterocycles. The van der Waals surface area contributed by atoms with Crippen molar-refractivity contribution in [3.05, 3.63) is 85.8 Å². The molecule has 4 rings (SSSR count). The van der Waals surface area contributed by atoms with Gasteiger partial charge < -0.3 is 9.88 Å². The fraction of sp³-hybridized carbons (Fsp3) is 0.250. The molecule has 0 radical (unpaired) electrons. The van der Waals surface area contributed by atoms with E-state index >= 15 is 0 Å². The van der Waals surface area contributed by atoms with Gasteiger partial charge in [0.2, 0.25) is 5.91 Å². The van der Waals surface area contributed by atoms with Gasteiger partial charge in [-0.3, -0.25) is 18.7 Å². The third-order valence-corrected chi connectivity index (χ3v) is 6.62. The van der Waals surface area contributed by atoms with Crippen LogP contribution in [0.25, 0.3) is 11.2 Å². The van der Waals surface area contributed by atoms with Gasteiger partial charge in [-0.1, -0.05) is 42.1 Å². The maximum atomic E-state index is 13.4. The molecule has 2 heterocycles. The fourth-order valence-corrected chi connectivity index (χ4v) is 4.57. The Kier molecular flexibility index (Phi) is 6.43. The van der Waals surface area contributed by atoms with Gasteiger partial charge in [0, 0.05) is 19.8 Å². The number of amides is 1. The number of aromatic nitrogens is 4. The Morgan fingerprint density at radius 2 is 1.68 bits per heavy atom. The predicted octanol–water partition coefficient (Wildman–Crippen LogP) is 2.97. The maximum Gasteiger partial charge on any atom is 0.332 e. The van der Waals surface area contributed by atoms with Crippen molar-refractivity contribution in [2.75, 3.05) is 11.1 Å². The van der Waals surface area contributed by atoms with Crippen molar-refractivity contribution in [3.8, 4) is 0 Å². The first kappa shape index (κ1) is 23.5. The summed E-state index contributed by atoms with van der Waals surface area (Å²) in [6.07, 6.45) is 0. The van der Waals surface area contributed by atoms with Gasteiger partial charge in [-0.2, -0.15) is 0 Å². The lowest BCUT2D eigenvalue weighted by Crippen LogP contribution is -2.37. The number of anilines is 1. The highest BCUT2D eigenvalue weighted by molar-refractivity contribution is 7.99. The summed E-state index contributed by atoms with van der Waals surface area (Å²) < 4.78 is 17.4. The van der Waals surface area contributed by atoms with Gasteiger partial charge in [0.15, 0.2) is 16.3 Å². The van der Waals surface area contributed by atoms with E-state index in [1.807, 2.05) is 32.0 Å². The lowest BCUT2D eigenvalue weighted by molar-refractivity contribution is -0.113. The molecule has 10 heteroatoms. The molecule has 2 aromatic carbocycles. The average Bonchev–Trinajstić information content (AvgIpc) is 3.17. The first-order valence-corrected chi connectivity index (χ1v) is 11.6. The van der Waals surface area contributed by atoms with Crippen molar-refractivity contribution in [1.29, 1.82) is 0 Å². The molecule has 1 N–H and O–H groups in total. The van der Waals surface area contributed by atoms with Crippen LogP contribution >= 0.6 is 11.8 Å². The van der Waals surface area contributed by atoms with E-state index in [1.165, 1.54) is 35.5 Å². The minimum Gasteiger partial charge on any atom is -0.325 e. The highest BCUT2D eigenvalue weighted by Crippen LogP contribution is 2.24. The number of para-hydroxylation sites is 1. The number of hydrogen-bond acceptors (Lipinski definition) is 5. The molecule has 4 aromatic rings. The monoisotopic (exact) mass is 481 g/mol. The van der Waals surface area contributed by atoms with Crippen LogP contribution in [0.5, 0.6) is 0 Å². The standard InChI is InChI=1S/C24H24FN5O3S/c1-14-6-5-7-15(2)19(14)26-18(31)13-34-23-27-21-20(22(32)29(4)24(33)28(21)3)30(23)12-16-8-10-17(25)11-9-16/h5-11H,12-13H2,1-4H3,(H,26,31). The van der Waals surface area contributed by atoms with E-state index in [-0.39, 0.29) is 35.2 Å². The minimum absolute atomic E-state index is 0.0504. The van der Waals surface area contributed by atoms with Gasteiger partial charge in [0.05, 0.1) is 12.3 Å². The Morgan fingerprint density at radius 1 is 1.03 bits per heavy atom. The number of nitrogens with zero attached hydrogens (tertiary/aromatic N) is 4. The third kappa shape index (κ3) is 4.41. The summed E-state index contributed by atoms with van der Waals surface area (Å²) in [5.41, 5.74) is 2.93. The maximum absolute atomic E-state index is 13.4. The van der Waals surface area contributed by atoms with Gasteiger partial charge >= 0.3 is 5.69 Å². The van der Waals surface area contributed by atoms with E-state index < -0.39 is 11.2 Å². The highest BCUT2D eigenvalue weighted by atomic mass is 32.2. The third-order valence-electron chi connectivity index (χ3n) is 5.64. The summed E-state index contributed by atoms with van der Waals surface area (Å²) in [6, 6.07) is 11.7. The zero-order valence-electron chi connectivity index (χ0n) is 19.3. The number of fused-ring (bicyclic) bond motifs is 1. The van der Waals surface area contributed by atoms with Crippen LogP contribution in [0.15, 0.2) is 57.2 Å². The lowest BCUT2D eigenvalue weighted by Gasteiger charge is -2.12. The molecule has 8 nitrogen and oxygen atoms in total. The predicted molar refractivity (Wildman–Crippen MR) is 131 cm³/mol. The van der Waals surface area contributed by atoms with E-state index in [1.54, 1.807) is 23.7 Å². The van der Waals surface area contributed by atoms with Crippen LogP contribution in [-0.2, 0) is 25.4 Å². The average molecular weight is 482 g/mol. The number of imidazole rings is 1. The zero-order valence-corrected chi connectivity index (χ0v) is 20.1. The SMILES string of the molecule is Cc1cccc(C)c1NC(=O)CSc1nc2c(c(=O)n(C)c(=O)n2C)n1Cc1ccc(F)cc1. The number of aryl methyl sites for hydroxylation is 3. The summed E-state index contributed by atoms with van der Waals surface area (Å²) in [6.45, 7) is 4.08. The smallest absolute Gasteiger partial charge is 0.325 e. The number of hydrogen-bond donors (Lipinski definition) is 1. The molecule has 0 bridgehead atoms. The Hall–Kier alpha value is -3.66. The minimum atomic E-state index is -0.492. The Balaban J connectivity index is 1.71. The molecule has 34 heavy (non-hydrogen) atoms.